The molecule has 0 amide bonds. The summed E-state index contributed by atoms with van der Waals surface area (Å²) in [4.78, 5) is 20.8. The first kappa shape index (κ1) is 16.1. The van der Waals surface area contributed by atoms with E-state index in [1.54, 1.807) is 30.1 Å². The number of hydrogen-bond acceptors (Lipinski definition) is 6. The third-order valence-electron chi connectivity index (χ3n) is 5.06. The monoisotopic (exact) mass is 341 g/mol. The highest BCUT2D eigenvalue weighted by Crippen LogP contribution is 2.38. The molecule has 0 atom stereocenters. The van der Waals surface area contributed by atoms with Gasteiger partial charge in [0, 0.05) is 30.3 Å². The number of anilines is 1. The molecule has 4 rings (SSSR count). The second-order valence-electron chi connectivity index (χ2n) is 6.89. The first-order valence-electron chi connectivity index (χ1n) is 8.96. The van der Waals surface area contributed by atoms with Crippen LogP contribution in [0.2, 0.25) is 0 Å². The summed E-state index contributed by atoms with van der Waals surface area (Å²) in [6.45, 7) is 0. The Hall–Kier alpha value is -2.44. The molecule has 2 fully saturated rings. The fraction of sp³-hybridized carbons (Fsp3) is 0.556. The maximum absolute atomic E-state index is 12.2. The maximum Gasteiger partial charge on any atom is 0.267 e. The van der Waals surface area contributed by atoms with Crippen LogP contribution in [0.25, 0.3) is 0 Å². The molecule has 0 saturated heterocycles. The molecule has 0 bridgehead atoms. The lowest BCUT2D eigenvalue weighted by molar-refractivity contribution is 0.301. The third kappa shape index (κ3) is 3.65. The minimum Gasteiger partial charge on any atom is -0.481 e. The standard InChI is InChI=1S/C18H23N5O2/c1-25-16-10-11-19-18(21-16)20-13-4-6-14(7-5-13)23-17(24)9-8-15(22-23)12-2-3-12/h8-14H,2-7H2,1H3,(H,19,20,21). The molecule has 2 aliphatic carbocycles. The first-order valence-corrected chi connectivity index (χ1v) is 8.96. The van der Waals surface area contributed by atoms with Gasteiger partial charge in [0.15, 0.2) is 0 Å². The maximum atomic E-state index is 12.2. The lowest BCUT2D eigenvalue weighted by Gasteiger charge is -2.29. The van der Waals surface area contributed by atoms with Crippen molar-refractivity contribution in [2.24, 2.45) is 0 Å². The average molecular weight is 341 g/mol. The molecule has 2 saturated carbocycles. The smallest absolute Gasteiger partial charge is 0.267 e. The number of nitrogens with one attached hydrogen (secondary N) is 1. The van der Waals surface area contributed by atoms with E-state index in [2.05, 4.69) is 20.4 Å². The molecule has 0 unspecified atom stereocenters. The number of rotatable bonds is 5. The normalized spacial score (nSPS) is 23.2. The summed E-state index contributed by atoms with van der Waals surface area (Å²) in [5.74, 6) is 1.71. The molecule has 25 heavy (non-hydrogen) atoms. The van der Waals surface area contributed by atoms with E-state index in [0.29, 0.717) is 23.8 Å². The van der Waals surface area contributed by atoms with Crippen molar-refractivity contribution in [3.63, 3.8) is 0 Å². The third-order valence-corrected chi connectivity index (χ3v) is 5.06. The lowest BCUT2D eigenvalue weighted by Crippen LogP contribution is -2.33. The quantitative estimate of drug-likeness (QED) is 0.900. The Labute approximate surface area is 146 Å². The predicted octanol–water partition coefficient (Wildman–Crippen LogP) is 2.52. The molecule has 0 aliphatic heterocycles. The van der Waals surface area contributed by atoms with Crippen LogP contribution in [0.5, 0.6) is 5.88 Å². The van der Waals surface area contributed by atoms with Crippen molar-refractivity contribution in [2.45, 2.75) is 56.5 Å². The van der Waals surface area contributed by atoms with E-state index in [9.17, 15) is 4.79 Å². The van der Waals surface area contributed by atoms with Gasteiger partial charge in [0.1, 0.15) is 0 Å². The molecule has 2 aromatic rings. The molecular weight excluding hydrogens is 318 g/mol. The molecule has 7 heteroatoms. The average Bonchev–Trinajstić information content (AvgIpc) is 3.48. The number of aromatic nitrogens is 4. The summed E-state index contributed by atoms with van der Waals surface area (Å²) in [5, 5.41) is 8.00. The molecule has 2 aliphatic rings. The molecule has 0 spiro atoms. The molecule has 0 radical (unpaired) electrons. The van der Waals surface area contributed by atoms with Gasteiger partial charge in [-0.2, -0.15) is 10.1 Å². The van der Waals surface area contributed by atoms with Gasteiger partial charge < -0.3 is 10.1 Å². The van der Waals surface area contributed by atoms with Gasteiger partial charge in [0.2, 0.25) is 11.8 Å². The fourth-order valence-corrected chi connectivity index (χ4v) is 3.47. The zero-order chi connectivity index (χ0) is 17.2. The summed E-state index contributed by atoms with van der Waals surface area (Å²) in [6, 6.07) is 5.80. The number of ether oxygens (including phenoxy) is 1. The van der Waals surface area contributed by atoms with Crippen LogP contribution in [0.1, 0.15) is 56.2 Å². The molecule has 0 aromatic carbocycles. The fourth-order valence-electron chi connectivity index (χ4n) is 3.47. The van der Waals surface area contributed by atoms with E-state index in [-0.39, 0.29) is 11.6 Å². The van der Waals surface area contributed by atoms with Crippen LogP contribution in [0.4, 0.5) is 5.95 Å². The van der Waals surface area contributed by atoms with Crippen LogP contribution < -0.4 is 15.6 Å². The van der Waals surface area contributed by atoms with Gasteiger partial charge in [-0.25, -0.2) is 9.67 Å². The molecule has 1 N–H and O–H groups in total. The minimum atomic E-state index is 0.0111. The van der Waals surface area contributed by atoms with Crippen molar-refractivity contribution in [3.8, 4) is 5.88 Å². The van der Waals surface area contributed by atoms with E-state index in [4.69, 9.17) is 4.74 Å². The zero-order valence-corrected chi connectivity index (χ0v) is 14.4. The van der Waals surface area contributed by atoms with Gasteiger partial charge in [-0.05, 0) is 44.6 Å². The van der Waals surface area contributed by atoms with Crippen LogP contribution in [0.15, 0.2) is 29.2 Å². The summed E-state index contributed by atoms with van der Waals surface area (Å²) < 4.78 is 6.84. The summed E-state index contributed by atoms with van der Waals surface area (Å²) >= 11 is 0. The zero-order valence-electron chi connectivity index (χ0n) is 14.4. The van der Waals surface area contributed by atoms with Gasteiger partial charge in [0.05, 0.1) is 18.8 Å². The Kier molecular flexibility index (Phi) is 4.38. The minimum absolute atomic E-state index is 0.0111. The molecule has 2 aromatic heterocycles. The predicted molar refractivity (Wildman–Crippen MR) is 94.0 cm³/mol. The Balaban J connectivity index is 1.39. The van der Waals surface area contributed by atoms with Crippen LogP contribution >= 0.6 is 0 Å². The van der Waals surface area contributed by atoms with Crippen LogP contribution in [-0.4, -0.2) is 32.9 Å². The highest BCUT2D eigenvalue weighted by Gasteiger charge is 2.28. The SMILES string of the molecule is COc1ccnc(NC2CCC(n3nc(C4CC4)ccc3=O)CC2)n1. The molecule has 7 nitrogen and oxygen atoms in total. The summed E-state index contributed by atoms with van der Waals surface area (Å²) in [7, 11) is 1.60. The van der Waals surface area contributed by atoms with Crippen LogP contribution in [0.3, 0.4) is 0 Å². The van der Waals surface area contributed by atoms with Crippen LogP contribution in [-0.2, 0) is 0 Å². The van der Waals surface area contributed by atoms with E-state index in [0.717, 1.165) is 31.4 Å². The Bertz CT molecular complexity index is 794. The summed E-state index contributed by atoms with van der Waals surface area (Å²) in [6.07, 6.45) is 7.88. The van der Waals surface area contributed by atoms with Crippen molar-refractivity contribution < 1.29 is 4.74 Å². The van der Waals surface area contributed by atoms with Crippen molar-refractivity contribution in [2.75, 3.05) is 12.4 Å². The van der Waals surface area contributed by atoms with Crippen LogP contribution in [0, 0.1) is 0 Å². The molecule has 132 valence electrons. The van der Waals surface area contributed by atoms with Crippen molar-refractivity contribution >= 4 is 5.95 Å². The first-order chi connectivity index (χ1) is 12.2. The van der Waals surface area contributed by atoms with Gasteiger partial charge in [-0.15, -0.1) is 0 Å². The Morgan fingerprint density at radius 3 is 2.64 bits per heavy atom. The second kappa shape index (κ2) is 6.82. The molecule has 2 heterocycles. The summed E-state index contributed by atoms with van der Waals surface area (Å²) in [5.41, 5.74) is 1.08. The Morgan fingerprint density at radius 1 is 1.12 bits per heavy atom. The highest BCUT2D eigenvalue weighted by molar-refractivity contribution is 5.29. The largest absolute Gasteiger partial charge is 0.481 e. The van der Waals surface area contributed by atoms with Gasteiger partial charge in [-0.1, -0.05) is 0 Å². The van der Waals surface area contributed by atoms with E-state index >= 15 is 0 Å². The topological polar surface area (TPSA) is 81.9 Å². The number of hydrogen-bond donors (Lipinski definition) is 1. The van der Waals surface area contributed by atoms with Gasteiger partial charge in [-0.3, -0.25) is 4.79 Å². The second-order valence-corrected chi connectivity index (χ2v) is 6.89. The lowest BCUT2D eigenvalue weighted by atomic mass is 9.91. The van der Waals surface area contributed by atoms with Gasteiger partial charge >= 0.3 is 0 Å². The molecular formula is C18H23N5O2. The van der Waals surface area contributed by atoms with Crippen molar-refractivity contribution in [3.05, 3.63) is 40.4 Å². The van der Waals surface area contributed by atoms with E-state index in [1.807, 2.05) is 6.07 Å². The van der Waals surface area contributed by atoms with E-state index < -0.39 is 0 Å². The van der Waals surface area contributed by atoms with Crippen molar-refractivity contribution in [1.29, 1.82) is 0 Å². The van der Waals surface area contributed by atoms with Gasteiger partial charge in [0.25, 0.3) is 5.56 Å². The van der Waals surface area contributed by atoms with E-state index in [1.165, 1.54) is 12.8 Å². The number of methoxy groups -OCH3 is 1. The van der Waals surface area contributed by atoms with Crippen molar-refractivity contribution in [1.82, 2.24) is 19.7 Å². The highest BCUT2D eigenvalue weighted by atomic mass is 16.5. The number of nitrogens with zero attached hydrogens (tertiary/aromatic N) is 4. The Morgan fingerprint density at radius 2 is 1.92 bits per heavy atom.